The Morgan fingerprint density at radius 3 is 2.58 bits per heavy atom. The number of amides is 1. The van der Waals surface area contributed by atoms with Crippen molar-refractivity contribution in [3.63, 3.8) is 0 Å². The Morgan fingerprint density at radius 2 is 1.92 bits per heavy atom. The average Bonchev–Trinajstić information content (AvgIpc) is 2.64. The fourth-order valence-electron chi connectivity index (χ4n) is 2.75. The van der Waals surface area contributed by atoms with Gasteiger partial charge >= 0.3 is 5.91 Å². The molecule has 2 aliphatic heterocycles. The van der Waals surface area contributed by atoms with Gasteiger partial charge in [-0.2, -0.15) is 0 Å². The number of carbonyl (C=O) groups excluding carboxylic acids is 1. The highest BCUT2D eigenvalue weighted by atomic mass is 16.9. The number of methoxy groups -OCH3 is 1. The molecule has 144 valence electrons. The van der Waals surface area contributed by atoms with Gasteiger partial charge in [-0.3, -0.25) is 10.0 Å². The molecule has 0 aliphatic carbocycles. The van der Waals surface area contributed by atoms with E-state index in [1.807, 2.05) is 0 Å². The molecule has 26 heavy (non-hydrogen) atoms. The molecular formula is C15H19NO10. The number of carbonyl (C=O) groups is 1. The molecule has 1 amide bonds. The van der Waals surface area contributed by atoms with Crippen molar-refractivity contribution in [1.29, 1.82) is 0 Å². The molecule has 0 aromatic heterocycles. The van der Waals surface area contributed by atoms with Crippen LogP contribution in [0, 0.1) is 0 Å². The molecule has 1 aromatic rings. The van der Waals surface area contributed by atoms with E-state index in [4.69, 9.17) is 19.0 Å². The standard InChI is InChI=1S/C15H19NO10/c1-23-6-2-3-7-8(4-6)26-16(22)14(21)13(7)25-15-12(20)11(19)10(18)9(5-17)24-15/h2-4,9-13,15,17-20,22H,5H2,1H3/t9-,10-,11+,12-,13?,15?/m1/s1. The molecule has 1 saturated heterocycles. The number of rotatable bonds is 4. The number of aliphatic hydroxyl groups excluding tert-OH is 4. The lowest BCUT2D eigenvalue weighted by Gasteiger charge is -2.41. The van der Waals surface area contributed by atoms with Gasteiger partial charge in [-0.1, -0.05) is 0 Å². The van der Waals surface area contributed by atoms with E-state index in [1.54, 1.807) is 0 Å². The third-order valence-electron chi connectivity index (χ3n) is 4.22. The first-order valence-corrected chi connectivity index (χ1v) is 7.72. The van der Waals surface area contributed by atoms with E-state index < -0.39 is 49.3 Å². The summed E-state index contributed by atoms with van der Waals surface area (Å²) >= 11 is 0. The van der Waals surface area contributed by atoms with E-state index in [0.717, 1.165) is 0 Å². The Balaban J connectivity index is 1.88. The maximum Gasteiger partial charge on any atom is 0.318 e. The summed E-state index contributed by atoms with van der Waals surface area (Å²) in [7, 11) is 1.42. The lowest BCUT2D eigenvalue weighted by Crippen LogP contribution is -2.59. The summed E-state index contributed by atoms with van der Waals surface area (Å²) in [6.07, 6.45) is -9.12. The SMILES string of the molecule is COc1ccc2c(c1)ON(O)C(=O)C2OC1O[C@H](CO)[C@@H](O)[C@H](O)[C@H]1O. The van der Waals surface area contributed by atoms with Crippen LogP contribution in [0.25, 0.3) is 0 Å². The van der Waals surface area contributed by atoms with E-state index in [0.29, 0.717) is 5.75 Å². The van der Waals surface area contributed by atoms with Gasteiger partial charge < -0.3 is 39.5 Å². The number of hydroxylamine groups is 2. The summed E-state index contributed by atoms with van der Waals surface area (Å²) in [5, 5.41) is 48.5. The van der Waals surface area contributed by atoms with Gasteiger partial charge in [0.25, 0.3) is 0 Å². The summed E-state index contributed by atoms with van der Waals surface area (Å²) in [4.78, 5) is 17.2. The average molecular weight is 373 g/mol. The van der Waals surface area contributed by atoms with Gasteiger partial charge in [-0.15, -0.1) is 0 Å². The van der Waals surface area contributed by atoms with E-state index >= 15 is 0 Å². The van der Waals surface area contributed by atoms with Crippen LogP contribution in [0.3, 0.4) is 0 Å². The second-order valence-electron chi connectivity index (χ2n) is 5.82. The quantitative estimate of drug-likeness (QED) is 0.377. The van der Waals surface area contributed by atoms with Crippen LogP contribution >= 0.6 is 0 Å². The zero-order chi connectivity index (χ0) is 19.0. The first-order chi connectivity index (χ1) is 12.4. The number of aliphatic hydroxyl groups is 4. The second-order valence-corrected chi connectivity index (χ2v) is 5.82. The molecule has 0 spiro atoms. The molecule has 2 aliphatic rings. The highest BCUT2D eigenvalue weighted by Gasteiger charge is 2.47. The van der Waals surface area contributed by atoms with Crippen LogP contribution in [0.2, 0.25) is 0 Å². The minimum Gasteiger partial charge on any atom is -0.497 e. The van der Waals surface area contributed by atoms with Gasteiger partial charge in [0.1, 0.15) is 30.2 Å². The normalized spacial score (nSPS) is 34.2. The number of fused-ring (bicyclic) bond motifs is 1. The van der Waals surface area contributed by atoms with Crippen molar-refractivity contribution < 1.29 is 49.5 Å². The maximum absolute atomic E-state index is 12.2. The van der Waals surface area contributed by atoms with Gasteiger partial charge in [0.05, 0.1) is 13.7 Å². The fraction of sp³-hybridized carbons (Fsp3) is 0.533. The van der Waals surface area contributed by atoms with E-state index in [2.05, 4.69) is 0 Å². The zero-order valence-electron chi connectivity index (χ0n) is 13.6. The molecule has 1 aromatic carbocycles. The van der Waals surface area contributed by atoms with E-state index in [-0.39, 0.29) is 16.5 Å². The molecule has 0 bridgehead atoms. The summed E-state index contributed by atoms with van der Waals surface area (Å²) in [6.45, 7) is -0.646. The van der Waals surface area contributed by atoms with Crippen LogP contribution in [0.5, 0.6) is 11.5 Å². The van der Waals surface area contributed by atoms with Crippen LogP contribution in [0.4, 0.5) is 0 Å². The summed E-state index contributed by atoms with van der Waals surface area (Å²) in [5.74, 6) is -0.529. The summed E-state index contributed by atoms with van der Waals surface area (Å²) in [5.41, 5.74) is 0.220. The highest BCUT2D eigenvalue weighted by molar-refractivity contribution is 5.83. The molecule has 3 rings (SSSR count). The predicted molar refractivity (Wildman–Crippen MR) is 79.8 cm³/mol. The Bertz CT molecular complexity index is 668. The summed E-state index contributed by atoms with van der Waals surface area (Å²) in [6, 6.07) is 4.41. The van der Waals surface area contributed by atoms with Gasteiger partial charge in [-0.05, 0) is 17.4 Å². The van der Waals surface area contributed by atoms with Crippen LogP contribution < -0.4 is 9.57 Å². The zero-order valence-corrected chi connectivity index (χ0v) is 13.6. The van der Waals surface area contributed by atoms with Gasteiger partial charge in [-0.25, -0.2) is 0 Å². The maximum atomic E-state index is 12.2. The third-order valence-corrected chi connectivity index (χ3v) is 4.22. The molecular weight excluding hydrogens is 354 g/mol. The van der Waals surface area contributed by atoms with Crippen molar-refractivity contribution in [2.75, 3.05) is 13.7 Å². The third kappa shape index (κ3) is 3.21. The number of benzene rings is 1. The first kappa shape index (κ1) is 18.8. The lowest BCUT2D eigenvalue weighted by molar-refractivity contribution is -0.324. The van der Waals surface area contributed by atoms with Crippen molar-refractivity contribution >= 4 is 5.91 Å². The highest BCUT2D eigenvalue weighted by Crippen LogP contribution is 2.38. The van der Waals surface area contributed by atoms with Crippen molar-refractivity contribution in [2.45, 2.75) is 36.8 Å². The molecule has 5 N–H and O–H groups in total. The molecule has 6 atom stereocenters. The molecule has 2 heterocycles. The first-order valence-electron chi connectivity index (χ1n) is 7.72. The Hall–Kier alpha value is -1.99. The lowest BCUT2D eigenvalue weighted by atomic mass is 9.99. The predicted octanol–water partition coefficient (Wildman–Crippen LogP) is -1.92. The van der Waals surface area contributed by atoms with Crippen LogP contribution in [0.15, 0.2) is 18.2 Å². The number of ether oxygens (including phenoxy) is 3. The van der Waals surface area contributed by atoms with Crippen molar-refractivity contribution in [3.05, 3.63) is 23.8 Å². The molecule has 11 nitrogen and oxygen atoms in total. The number of hydrogen-bond acceptors (Lipinski definition) is 10. The van der Waals surface area contributed by atoms with E-state index in [1.165, 1.54) is 25.3 Å². The minimum absolute atomic E-state index is 0.0313. The van der Waals surface area contributed by atoms with Gasteiger partial charge in [0.15, 0.2) is 18.1 Å². The van der Waals surface area contributed by atoms with E-state index in [9.17, 15) is 30.4 Å². The Kier molecular flexibility index (Phi) is 5.29. The monoisotopic (exact) mass is 373 g/mol. The largest absolute Gasteiger partial charge is 0.497 e. The van der Waals surface area contributed by atoms with Crippen molar-refractivity contribution in [2.24, 2.45) is 0 Å². The van der Waals surface area contributed by atoms with Gasteiger partial charge in [0.2, 0.25) is 0 Å². The molecule has 0 saturated carbocycles. The Morgan fingerprint density at radius 1 is 1.19 bits per heavy atom. The van der Waals surface area contributed by atoms with Crippen LogP contribution in [-0.2, 0) is 14.3 Å². The van der Waals surface area contributed by atoms with Crippen molar-refractivity contribution in [1.82, 2.24) is 5.23 Å². The van der Waals surface area contributed by atoms with Crippen molar-refractivity contribution in [3.8, 4) is 11.5 Å². The fourth-order valence-corrected chi connectivity index (χ4v) is 2.75. The summed E-state index contributed by atoms with van der Waals surface area (Å²) < 4.78 is 15.7. The topological polar surface area (TPSA) is 158 Å². The molecule has 0 radical (unpaired) electrons. The van der Waals surface area contributed by atoms with Crippen LogP contribution in [0.1, 0.15) is 11.7 Å². The van der Waals surface area contributed by atoms with Gasteiger partial charge in [0, 0.05) is 11.6 Å². The second kappa shape index (κ2) is 7.32. The van der Waals surface area contributed by atoms with Crippen LogP contribution in [-0.4, -0.2) is 81.2 Å². The number of nitrogens with zero attached hydrogens (tertiary/aromatic N) is 1. The molecule has 2 unspecified atom stereocenters. The molecule has 1 fully saturated rings. The smallest absolute Gasteiger partial charge is 0.318 e. The Labute approximate surface area is 147 Å². The minimum atomic E-state index is -1.70. The number of hydrogen-bond donors (Lipinski definition) is 5. The molecule has 11 heteroatoms.